The zero-order chi connectivity index (χ0) is 11.1. The van der Waals surface area contributed by atoms with Crippen molar-refractivity contribution in [2.45, 2.75) is 26.3 Å². The van der Waals surface area contributed by atoms with E-state index in [1.165, 1.54) is 4.90 Å². The molecule has 2 saturated heterocycles. The van der Waals surface area contributed by atoms with E-state index in [4.69, 9.17) is 4.74 Å². The van der Waals surface area contributed by atoms with E-state index in [2.05, 4.69) is 5.32 Å². The lowest BCUT2D eigenvalue weighted by Crippen LogP contribution is -2.64. The van der Waals surface area contributed by atoms with Gasteiger partial charge in [0.25, 0.3) is 0 Å². The number of nitrogens with zero attached hydrogens (tertiary/aromatic N) is 1. The first-order valence-electron chi connectivity index (χ1n) is 5.30. The van der Waals surface area contributed by atoms with Crippen molar-refractivity contribution in [1.29, 1.82) is 0 Å². The van der Waals surface area contributed by atoms with E-state index in [0.29, 0.717) is 19.8 Å². The van der Waals surface area contributed by atoms with Crippen LogP contribution in [0.5, 0.6) is 0 Å². The van der Waals surface area contributed by atoms with Gasteiger partial charge in [-0.2, -0.15) is 0 Å². The Labute approximate surface area is 88.8 Å². The molecule has 2 rings (SSSR count). The van der Waals surface area contributed by atoms with Gasteiger partial charge in [-0.1, -0.05) is 6.92 Å². The summed E-state index contributed by atoms with van der Waals surface area (Å²) in [5.74, 6) is -0.101. The number of hydrogen-bond donors (Lipinski definition) is 1. The highest BCUT2D eigenvalue weighted by Gasteiger charge is 2.53. The molecule has 0 bridgehead atoms. The van der Waals surface area contributed by atoms with E-state index in [0.717, 1.165) is 6.42 Å². The zero-order valence-corrected chi connectivity index (χ0v) is 9.08. The molecule has 0 aromatic rings. The molecule has 1 N–H and O–H groups in total. The van der Waals surface area contributed by atoms with Gasteiger partial charge in [-0.3, -0.25) is 9.69 Å². The Morgan fingerprint density at radius 2 is 2.33 bits per heavy atom. The molecular formula is C10H16N2O3. The maximum Gasteiger partial charge on any atom is 0.324 e. The van der Waals surface area contributed by atoms with Gasteiger partial charge < -0.3 is 10.1 Å². The summed E-state index contributed by atoms with van der Waals surface area (Å²) in [7, 11) is 0. The molecule has 2 fully saturated rings. The van der Waals surface area contributed by atoms with Gasteiger partial charge in [0, 0.05) is 6.54 Å². The fraction of sp³-hybridized carbons (Fsp3) is 0.800. The molecule has 0 radical (unpaired) electrons. The number of imide groups is 1. The van der Waals surface area contributed by atoms with E-state index >= 15 is 0 Å². The summed E-state index contributed by atoms with van der Waals surface area (Å²) in [6.45, 7) is 5.12. The van der Waals surface area contributed by atoms with E-state index in [1.807, 2.05) is 13.8 Å². The van der Waals surface area contributed by atoms with Gasteiger partial charge in [0.2, 0.25) is 5.91 Å². The lowest BCUT2D eigenvalue weighted by molar-refractivity contribution is -0.141. The molecule has 15 heavy (non-hydrogen) atoms. The van der Waals surface area contributed by atoms with Crippen LogP contribution in [0.4, 0.5) is 4.79 Å². The van der Waals surface area contributed by atoms with E-state index < -0.39 is 5.41 Å². The molecule has 5 nitrogen and oxygen atoms in total. The molecule has 2 heterocycles. The summed E-state index contributed by atoms with van der Waals surface area (Å²) in [5, 5.41) is 2.83. The fourth-order valence-corrected chi connectivity index (χ4v) is 2.14. The number of hydrogen-bond acceptors (Lipinski definition) is 3. The van der Waals surface area contributed by atoms with Gasteiger partial charge in [0.15, 0.2) is 0 Å². The van der Waals surface area contributed by atoms with Gasteiger partial charge >= 0.3 is 6.03 Å². The average Bonchev–Trinajstić information content (AvgIpc) is 2.56. The van der Waals surface area contributed by atoms with Crippen LogP contribution in [0, 0.1) is 5.41 Å². The SMILES string of the molecule is CCCN1C(=O)NC2COCC2(C)C1=O. The second-order valence-corrected chi connectivity index (χ2v) is 4.39. The first-order chi connectivity index (χ1) is 7.09. The van der Waals surface area contributed by atoms with Crippen LogP contribution in [0.1, 0.15) is 20.3 Å². The van der Waals surface area contributed by atoms with Crippen LogP contribution < -0.4 is 5.32 Å². The quantitative estimate of drug-likeness (QED) is 0.718. The summed E-state index contributed by atoms with van der Waals surface area (Å²) in [4.78, 5) is 25.0. The van der Waals surface area contributed by atoms with E-state index in [1.54, 1.807) is 0 Å². The summed E-state index contributed by atoms with van der Waals surface area (Å²) >= 11 is 0. The lowest BCUT2D eigenvalue weighted by atomic mass is 9.82. The van der Waals surface area contributed by atoms with Gasteiger partial charge in [-0.05, 0) is 13.3 Å². The van der Waals surface area contributed by atoms with Gasteiger partial charge in [-0.15, -0.1) is 0 Å². The number of rotatable bonds is 2. The van der Waals surface area contributed by atoms with Crippen molar-refractivity contribution in [3.8, 4) is 0 Å². The Morgan fingerprint density at radius 3 is 3.00 bits per heavy atom. The molecule has 84 valence electrons. The minimum Gasteiger partial charge on any atom is -0.378 e. The Bertz CT molecular complexity index is 305. The highest BCUT2D eigenvalue weighted by atomic mass is 16.5. The van der Waals surface area contributed by atoms with Crippen molar-refractivity contribution in [3.63, 3.8) is 0 Å². The van der Waals surface area contributed by atoms with Crippen molar-refractivity contribution in [2.24, 2.45) is 5.41 Å². The minimum atomic E-state index is -0.566. The zero-order valence-electron chi connectivity index (χ0n) is 9.08. The molecule has 5 heteroatoms. The molecule has 0 aromatic carbocycles. The average molecular weight is 212 g/mol. The fourth-order valence-electron chi connectivity index (χ4n) is 2.14. The van der Waals surface area contributed by atoms with Crippen molar-refractivity contribution in [2.75, 3.05) is 19.8 Å². The van der Waals surface area contributed by atoms with Crippen LogP contribution in [-0.2, 0) is 9.53 Å². The van der Waals surface area contributed by atoms with Crippen LogP contribution in [-0.4, -0.2) is 42.6 Å². The van der Waals surface area contributed by atoms with Crippen molar-refractivity contribution in [1.82, 2.24) is 10.2 Å². The number of nitrogens with one attached hydrogen (secondary N) is 1. The molecule has 2 aliphatic heterocycles. The van der Waals surface area contributed by atoms with Crippen molar-refractivity contribution in [3.05, 3.63) is 0 Å². The van der Waals surface area contributed by atoms with E-state index in [9.17, 15) is 9.59 Å². The third-order valence-electron chi connectivity index (χ3n) is 3.18. The van der Waals surface area contributed by atoms with Crippen LogP contribution in [0.25, 0.3) is 0 Å². The molecule has 0 aromatic heterocycles. The third kappa shape index (κ3) is 1.42. The number of amides is 3. The third-order valence-corrected chi connectivity index (χ3v) is 3.18. The molecule has 0 aliphatic carbocycles. The maximum atomic E-state index is 12.1. The van der Waals surface area contributed by atoms with Crippen LogP contribution in [0.2, 0.25) is 0 Å². The van der Waals surface area contributed by atoms with E-state index in [-0.39, 0.29) is 18.0 Å². The number of fused-ring (bicyclic) bond motifs is 1. The molecular weight excluding hydrogens is 196 g/mol. The van der Waals surface area contributed by atoms with Crippen LogP contribution in [0.3, 0.4) is 0 Å². The molecule has 2 atom stereocenters. The standard InChI is InChI=1S/C10H16N2O3/c1-3-4-12-8(13)10(2)6-15-5-7(10)11-9(12)14/h7H,3-6H2,1-2H3,(H,11,14). The highest BCUT2D eigenvalue weighted by Crippen LogP contribution is 2.33. The molecule has 3 amide bonds. The molecule has 0 saturated carbocycles. The Hall–Kier alpha value is -1.10. The summed E-state index contributed by atoms with van der Waals surface area (Å²) in [5.41, 5.74) is -0.566. The monoisotopic (exact) mass is 212 g/mol. The summed E-state index contributed by atoms with van der Waals surface area (Å²) in [6.07, 6.45) is 0.779. The molecule has 0 spiro atoms. The largest absolute Gasteiger partial charge is 0.378 e. The highest BCUT2D eigenvalue weighted by molar-refractivity contribution is 6.00. The second kappa shape index (κ2) is 3.48. The number of urea groups is 1. The van der Waals surface area contributed by atoms with Crippen molar-refractivity contribution < 1.29 is 14.3 Å². The first-order valence-corrected chi connectivity index (χ1v) is 5.30. The van der Waals surface area contributed by atoms with Gasteiger partial charge in [-0.25, -0.2) is 4.79 Å². The summed E-state index contributed by atoms with van der Waals surface area (Å²) in [6, 6.07) is -0.444. The van der Waals surface area contributed by atoms with Gasteiger partial charge in [0.05, 0.1) is 24.7 Å². The Balaban J connectivity index is 2.24. The van der Waals surface area contributed by atoms with Gasteiger partial charge in [0.1, 0.15) is 0 Å². The normalized spacial score (nSPS) is 35.3. The number of carbonyl (C=O) groups is 2. The van der Waals surface area contributed by atoms with Crippen LogP contribution >= 0.6 is 0 Å². The Morgan fingerprint density at radius 1 is 1.60 bits per heavy atom. The molecule has 2 aliphatic rings. The maximum absolute atomic E-state index is 12.1. The summed E-state index contributed by atoms with van der Waals surface area (Å²) < 4.78 is 5.28. The number of carbonyl (C=O) groups excluding carboxylic acids is 2. The number of ether oxygens (including phenoxy) is 1. The lowest BCUT2D eigenvalue weighted by Gasteiger charge is -2.39. The molecule has 2 unspecified atom stereocenters. The Kier molecular flexibility index (Phi) is 2.42. The minimum absolute atomic E-state index is 0.101. The first kappa shape index (κ1) is 10.4. The topological polar surface area (TPSA) is 58.6 Å². The second-order valence-electron chi connectivity index (χ2n) is 4.39. The predicted octanol–water partition coefficient (Wildman–Crippen LogP) is 0.353. The van der Waals surface area contributed by atoms with Crippen molar-refractivity contribution >= 4 is 11.9 Å². The van der Waals surface area contributed by atoms with Crippen LogP contribution in [0.15, 0.2) is 0 Å². The smallest absolute Gasteiger partial charge is 0.324 e. The predicted molar refractivity (Wildman–Crippen MR) is 53.2 cm³/mol.